The van der Waals surface area contributed by atoms with Crippen LogP contribution in [0.4, 0.5) is 5.69 Å². The largest absolute Gasteiger partial charge is 0.494 e. The molecule has 11 heteroatoms. The van der Waals surface area contributed by atoms with Crippen molar-refractivity contribution in [1.29, 1.82) is 0 Å². The Hall–Kier alpha value is -2.89. The summed E-state index contributed by atoms with van der Waals surface area (Å²) in [6, 6.07) is 11.7. The predicted octanol–water partition coefficient (Wildman–Crippen LogP) is 3.29. The van der Waals surface area contributed by atoms with E-state index in [1.165, 1.54) is 30.8 Å². The molecule has 0 bridgehead atoms. The first-order valence-electron chi connectivity index (χ1n) is 9.33. The van der Waals surface area contributed by atoms with E-state index in [0.29, 0.717) is 23.7 Å². The van der Waals surface area contributed by atoms with Crippen molar-refractivity contribution in [1.82, 2.24) is 14.9 Å². The summed E-state index contributed by atoms with van der Waals surface area (Å²) in [6.07, 6.45) is 1.84. The molecule has 164 valence electrons. The lowest BCUT2D eigenvalue weighted by Crippen LogP contribution is -2.23. The zero-order valence-electron chi connectivity index (χ0n) is 17.2. The minimum absolute atomic E-state index is 0.0142. The van der Waals surface area contributed by atoms with Crippen LogP contribution in [-0.4, -0.2) is 37.3 Å². The molecule has 1 aromatic heterocycles. The molecule has 3 rings (SSSR count). The molecule has 0 saturated heterocycles. The number of aromatic nitrogens is 2. The third-order valence-corrected chi connectivity index (χ3v) is 6.29. The van der Waals surface area contributed by atoms with Gasteiger partial charge in [0.15, 0.2) is 0 Å². The van der Waals surface area contributed by atoms with Gasteiger partial charge in [0.25, 0.3) is 0 Å². The average molecular weight is 463 g/mol. The molecule has 31 heavy (non-hydrogen) atoms. The summed E-state index contributed by atoms with van der Waals surface area (Å²) in [7, 11) is -3.86. The molecular formula is C20H22N4O5S2. The molecule has 1 heterocycles. The van der Waals surface area contributed by atoms with Crippen molar-refractivity contribution in [3.8, 4) is 17.1 Å². The van der Waals surface area contributed by atoms with Crippen LogP contribution in [-0.2, 0) is 21.4 Å². The maximum absolute atomic E-state index is 12.7. The van der Waals surface area contributed by atoms with Gasteiger partial charge in [0.2, 0.25) is 27.6 Å². The molecule has 0 atom stereocenters. The summed E-state index contributed by atoms with van der Waals surface area (Å²) >= 11 is 1.40. The van der Waals surface area contributed by atoms with Crippen molar-refractivity contribution in [2.24, 2.45) is 0 Å². The van der Waals surface area contributed by atoms with Gasteiger partial charge in [0.1, 0.15) is 5.75 Å². The molecule has 0 unspecified atom stereocenters. The maximum atomic E-state index is 12.7. The zero-order chi connectivity index (χ0) is 22.4. The maximum Gasteiger partial charge on any atom is 0.242 e. The molecule has 1 amide bonds. The Kier molecular flexibility index (Phi) is 7.31. The van der Waals surface area contributed by atoms with Crippen molar-refractivity contribution >= 4 is 33.4 Å². The number of amides is 1. The lowest BCUT2D eigenvalue weighted by molar-refractivity contribution is -0.114. The van der Waals surface area contributed by atoms with Gasteiger partial charge in [-0.3, -0.25) is 4.79 Å². The summed E-state index contributed by atoms with van der Waals surface area (Å²) in [4.78, 5) is 16.4. The quantitative estimate of drug-likeness (QED) is 0.464. The first kappa shape index (κ1) is 22.8. The molecule has 3 aromatic rings. The van der Waals surface area contributed by atoms with E-state index < -0.39 is 10.0 Å². The minimum Gasteiger partial charge on any atom is -0.494 e. The highest BCUT2D eigenvalue weighted by molar-refractivity contribution is 7.98. The number of rotatable bonds is 9. The number of nitrogens with one attached hydrogen (secondary N) is 2. The zero-order valence-corrected chi connectivity index (χ0v) is 18.8. The molecule has 0 aliphatic heterocycles. The first-order valence-corrected chi connectivity index (χ1v) is 12.0. The van der Waals surface area contributed by atoms with Crippen molar-refractivity contribution in [3.05, 3.63) is 48.4 Å². The number of carbonyl (C=O) groups excluding carboxylic acids is 1. The fraction of sp³-hybridized carbons (Fsp3) is 0.250. The van der Waals surface area contributed by atoms with E-state index in [9.17, 15) is 13.2 Å². The number of nitrogens with zero attached hydrogens (tertiary/aromatic N) is 2. The van der Waals surface area contributed by atoms with Gasteiger partial charge in [-0.2, -0.15) is 4.98 Å². The third kappa shape index (κ3) is 5.84. The molecular weight excluding hydrogens is 440 g/mol. The SMILES string of the molecule is CCOc1ccc(-c2noc(CNS(=O)(=O)c3ccc(SC)c(NC(C)=O)c3)n2)cc1. The molecule has 2 aromatic carbocycles. The minimum atomic E-state index is -3.86. The first-order chi connectivity index (χ1) is 14.8. The average Bonchev–Trinajstić information content (AvgIpc) is 3.22. The van der Waals surface area contributed by atoms with Crippen LogP contribution in [0.2, 0.25) is 0 Å². The predicted molar refractivity (Wildman–Crippen MR) is 117 cm³/mol. The second kappa shape index (κ2) is 9.94. The van der Waals surface area contributed by atoms with E-state index in [0.717, 1.165) is 10.6 Å². The van der Waals surface area contributed by atoms with Gasteiger partial charge in [0.05, 0.1) is 23.7 Å². The number of hydrogen-bond acceptors (Lipinski definition) is 8. The van der Waals surface area contributed by atoms with E-state index in [4.69, 9.17) is 9.26 Å². The standard InChI is InChI=1S/C20H22N4O5S2/c1-4-28-15-7-5-14(6-8-15)20-23-19(29-24-20)12-21-31(26,27)16-9-10-18(30-3)17(11-16)22-13(2)25/h5-11,21H,4,12H2,1-3H3,(H,22,25). The Morgan fingerprint density at radius 3 is 2.58 bits per heavy atom. The smallest absolute Gasteiger partial charge is 0.242 e. The summed E-state index contributed by atoms with van der Waals surface area (Å²) < 4.78 is 38.4. The molecule has 2 N–H and O–H groups in total. The van der Waals surface area contributed by atoms with Crippen LogP contribution in [0.25, 0.3) is 11.4 Å². The normalized spacial score (nSPS) is 11.3. The summed E-state index contributed by atoms with van der Waals surface area (Å²) in [5.74, 6) is 0.907. The highest BCUT2D eigenvalue weighted by atomic mass is 32.2. The van der Waals surface area contributed by atoms with E-state index in [1.54, 1.807) is 30.3 Å². The van der Waals surface area contributed by atoms with E-state index in [-0.39, 0.29) is 23.2 Å². The lowest BCUT2D eigenvalue weighted by Gasteiger charge is -2.11. The molecule has 0 aliphatic carbocycles. The number of anilines is 1. The molecule has 0 saturated carbocycles. The molecule has 9 nitrogen and oxygen atoms in total. The van der Waals surface area contributed by atoms with Crippen molar-refractivity contribution < 1.29 is 22.5 Å². The molecule has 0 aliphatic rings. The van der Waals surface area contributed by atoms with Gasteiger partial charge in [0, 0.05) is 17.4 Å². The number of hydrogen-bond donors (Lipinski definition) is 2. The van der Waals surface area contributed by atoms with Crippen LogP contribution in [0.5, 0.6) is 5.75 Å². The van der Waals surface area contributed by atoms with Crippen LogP contribution >= 0.6 is 11.8 Å². The number of carbonyl (C=O) groups is 1. The number of thioether (sulfide) groups is 1. The van der Waals surface area contributed by atoms with Crippen LogP contribution in [0.3, 0.4) is 0 Å². The number of ether oxygens (including phenoxy) is 1. The van der Waals surface area contributed by atoms with Gasteiger partial charge in [-0.15, -0.1) is 11.8 Å². The number of sulfonamides is 1. The topological polar surface area (TPSA) is 123 Å². The Bertz CT molecular complexity index is 1160. The van der Waals surface area contributed by atoms with Gasteiger partial charge in [-0.25, -0.2) is 13.1 Å². The Labute approximate surface area is 184 Å². The van der Waals surface area contributed by atoms with Gasteiger partial charge in [-0.1, -0.05) is 5.16 Å². The van der Waals surface area contributed by atoms with E-state index >= 15 is 0 Å². The molecule has 0 radical (unpaired) electrons. The summed E-state index contributed by atoms with van der Waals surface area (Å²) in [5.41, 5.74) is 1.15. The molecule has 0 spiro atoms. The second-order valence-corrected chi connectivity index (χ2v) is 8.95. The van der Waals surface area contributed by atoms with Crippen LogP contribution in [0.1, 0.15) is 19.7 Å². The fourth-order valence-corrected chi connectivity index (χ4v) is 4.23. The third-order valence-electron chi connectivity index (χ3n) is 4.10. The van der Waals surface area contributed by atoms with Gasteiger partial charge >= 0.3 is 0 Å². The summed E-state index contributed by atoms with van der Waals surface area (Å²) in [5, 5.41) is 6.54. The summed E-state index contributed by atoms with van der Waals surface area (Å²) in [6.45, 7) is 3.66. The number of benzene rings is 2. The second-order valence-electron chi connectivity index (χ2n) is 6.34. The van der Waals surface area contributed by atoms with E-state index in [1.807, 2.05) is 13.2 Å². The van der Waals surface area contributed by atoms with Crippen molar-refractivity contribution in [2.75, 3.05) is 18.2 Å². The Morgan fingerprint density at radius 1 is 1.19 bits per heavy atom. The van der Waals surface area contributed by atoms with Crippen LogP contribution in [0, 0.1) is 0 Å². The van der Waals surface area contributed by atoms with Gasteiger partial charge in [-0.05, 0) is 55.6 Å². The Balaban J connectivity index is 1.71. The highest BCUT2D eigenvalue weighted by Gasteiger charge is 2.18. The Morgan fingerprint density at radius 2 is 1.94 bits per heavy atom. The van der Waals surface area contributed by atoms with Crippen LogP contribution < -0.4 is 14.8 Å². The van der Waals surface area contributed by atoms with Crippen molar-refractivity contribution in [2.45, 2.75) is 30.2 Å². The van der Waals surface area contributed by atoms with Crippen molar-refractivity contribution in [3.63, 3.8) is 0 Å². The van der Waals surface area contributed by atoms with Gasteiger partial charge < -0.3 is 14.6 Å². The highest BCUT2D eigenvalue weighted by Crippen LogP contribution is 2.28. The fourth-order valence-electron chi connectivity index (χ4n) is 2.69. The van der Waals surface area contributed by atoms with E-state index in [2.05, 4.69) is 20.2 Å². The van der Waals surface area contributed by atoms with Crippen LogP contribution in [0.15, 0.2) is 56.8 Å². The lowest BCUT2D eigenvalue weighted by atomic mass is 10.2. The molecule has 0 fully saturated rings. The monoisotopic (exact) mass is 462 g/mol.